The van der Waals surface area contributed by atoms with Crippen LogP contribution in [0.25, 0.3) is 0 Å². The molecule has 0 atom stereocenters. The zero-order valence-electron chi connectivity index (χ0n) is 10.1. The van der Waals surface area contributed by atoms with Gasteiger partial charge >= 0.3 is 0 Å². The van der Waals surface area contributed by atoms with Crippen molar-refractivity contribution >= 4 is 15.9 Å². The predicted molar refractivity (Wildman–Crippen MR) is 74.1 cm³/mol. The molecule has 1 fully saturated rings. The minimum Gasteiger partial charge on any atom is -0.377 e. The van der Waals surface area contributed by atoms with E-state index < -0.39 is 0 Å². The van der Waals surface area contributed by atoms with Gasteiger partial charge in [0.1, 0.15) is 0 Å². The number of hydrogen-bond acceptors (Lipinski definition) is 2. The van der Waals surface area contributed by atoms with E-state index in [0.717, 1.165) is 24.2 Å². The van der Waals surface area contributed by atoms with Crippen molar-refractivity contribution in [1.29, 1.82) is 0 Å². The van der Waals surface area contributed by atoms with Crippen molar-refractivity contribution in [2.75, 3.05) is 13.2 Å². The van der Waals surface area contributed by atoms with Crippen molar-refractivity contribution < 1.29 is 4.74 Å². The molecule has 0 heterocycles. The van der Waals surface area contributed by atoms with E-state index in [1.54, 1.807) is 0 Å². The largest absolute Gasteiger partial charge is 0.377 e. The summed E-state index contributed by atoms with van der Waals surface area (Å²) in [7, 11) is 0. The van der Waals surface area contributed by atoms with Crippen LogP contribution >= 0.6 is 15.9 Å². The number of rotatable bonds is 6. The topological polar surface area (TPSA) is 21.3 Å². The molecule has 1 N–H and O–H groups in total. The van der Waals surface area contributed by atoms with Crippen LogP contribution in [0.4, 0.5) is 0 Å². The second-order valence-corrected chi connectivity index (χ2v) is 5.50. The van der Waals surface area contributed by atoms with Gasteiger partial charge in [-0.25, -0.2) is 0 Å². The highest BCUT2D eigenvalue weighted by atomic mass is 79.9. The maximum absolute atomic E-state index is 5.79. The first-order chi connectivity index (χ1) is 8.34. The summed E-state index contributed by atoms with van der Waals surface area (Å²) in [6.45, 7) is 2.68. The summed E-state index contributed by atoms with van der Waals surface area (Å²) in [4.78, 5) is 0. The molecular formula is C14H20BrNO. The van der Waals surface area contributed by atoms with Crippen LogP contribution in [0.2, 0.25) is 0 Å². The fourth-order valence-electron chi connectivity index (χ4n) is 2.23. The number of benzene rings is 1. The highest BCUT2D eigenvalue weighted by Gasteiger charge is 2.14. The molecule has 1 aliphatic carbocycles. The number of hydrogen-bond donors (Lipinski definition) is 1. The first-order valence-electron chi connectivity index (χ1n) is 6.41. The maximum Gasteiger partial charge on any atom is 0.0594 e. The Kier molecular flexibility index (Phi) is 5.49. The Balaban J connectivity index is 1.56. The first kappa shape index (κ1) is 13.1. The molecule has 1 aromatic rings. The minimum absolute atomic E-state index is 0.530. The Morgan fingerprint density at radius 2 is 2.12 bits per heavy atom. The standard InChI is InChI=1S/C14H20BrNO/c15-13-5-3-4-12(10-13)11-16-8-9-17-14-6-1-2-7-14/h3-5,10,14,16H,1-2,6-9,11H2. The quantitative estimate of drug-likeness (QED) is 0.812. The summed E-state index contributed by atoms with van der Waals surface area (Å²) in [6.07, 6.45) is 5.73. The molecule has 0 radical (unpaired) electrons. The third-order valence-electron chi connectivity index (χ3n) is 3.15. The lowest BCUT2D eigenvalue weighted by atomic mass is 10.2. The van der Waals surface area contributed by atoms with Gasteiger partial charge in [-0.2, -0.15) is 0 Å². The second-order valence-electron chi connectivity index (χ2n) is 4.58. The molecule has 1 saturated carbocycles. The predicted octanol–water partition coefficient (Wildman–Crippen LogP) is 3.50. The van der Waals surface area contributed by atoms with Gasteiger partial charge in [0.05, 0.1) is 12.7 Å². The maximum atomic E-state index is 5.79. The van der Waals surface area contributed by atoms with Gasteiger partial charge in [-0.15, -0.1) is 0 Å². The summed E-state index contributed by atoms with van der Waals surface area (Å²) in [5.74, 6) is 0. The van der Waals surface area contributed by atoms with Gasteiger partial charge in [0.15, 0.2) is 0 Å². The van der Waals surface area contributed by atoms with E-state index >= 15 is 0 Å². The van der Waals surface area contributed by atoms with Gasteiger partial charge in [-0.1, -0.05) is 40.9 Å². The molecule has 2 rings (SSSR count). The number of ether oxygens (including phenoxy) is 1. The minimum atomic E-state index is 0.530. The van der Waals surface area contributed by atoms with E-state index in [4.69, 9.17) is 4.74 Å². The molecule has 94 valence electrons. The molecule has 0 unspecified atom stereocenters. The van der Waals surface area contributed by atoms with Crippen molar-refractivity contribution in [1.82, 2.24) is 5.32 Å². The van der Waals surface area contributed by atoms with Crippen molar-refractivity contribution in [2.45, 2.75) is 38.3 Å². The lowest BCUT2D eigenvalue weighted by Crippen LogP contribution is -2.21. The molecule has 1 aliphatic rings. The molecule has 2 nitrogen and oxygen atoms in total. The SMILES string of the molecule is Brc1cccc(CNCCOC2CCCC2)c1. The van der Waals surface area contributed by atoms with Gasteiger partial charge in [-0.05, 0) is 30.5 Å². The molecule has 0 bridgehead atoms. The number of nitrogens with one attached hydrogen (secondary N) is 1. The summed E-state index contributed by atoms with van der Waals surface area (Å²) >= 11 is 3.48. The van der Waals surface area contributed by atoms with Crippen LogP contribution < -0.4 is 5.32 Å². The fourth-order valence-corrected chi connectivity index (χ4v) is 2.68. The molecule has 0 aromatic heterocycles. The van der Waals surface area contributed by atoms with Crippen LogP contribution in [0.5, 0.6) is 0 Å². The fraction of sp³-hybridized carbons (Fsp3) is 0.571. The van der Waals surface area contributed by atoms with Crippen LogP contribution in [0.3, 0.4) is 0 Å². The molecule has 0 spiro atoms. The van der Waals surface area contributed by atoms with E-state index in [-0.39, 0.29) is 0 Å². The average Bonchev–Trinajstić information content (AvgIpc) is 2.82. The van der Waals surface area contributed by atoms with Gasteiger partial charge in [0.25, 0.3) is 0 Å². The molecule has 3 heteroatoms. The Bertz CT molecular complexity index is 337. The van der Waals surface area contributed by atoms with E-state index in [0.29, 0.717) is 6.10 Å². The van der Waals surface area contributed by atoms with Crippen LogP contribution in [0, 0.1) is 0 Å². The Morgan fingerprint density at radius 3 is 2.88 bits per heavy atom. The lowest BCUT2D eigenvalue weighted by molar-refractivity contribution is 0.0603. The van der Waals surface area contributed by atoms with Crippen LogP contribution in [0.1, 0.15) is 31.2 Å². The van der Waals surface area contributed by atoms with E-state index in [1.807, 2.05) is 6.07 Å². The Hall–Kier alpha value is -0.380. The van der Waals surface area contributed by atoms with Crippen LogP contribution in [-0.2, 0) is 11.3 Å². The van der Waals surface area contributed by atoms with Crippen molar-refractivity contribution in [3.05, 3.63) is 34.3 Å². The monoisotopic (exact) mass is 297 g/mol. The third kappa shape index (κ3) is 4.78. The van der Waals surface area contributed by atoms with Gasteiger partial charge in [0, 0.05) is 17.6 Å². The summed E-state index contributed by atoms with van der Waals surface area (Å²) in [5, 5.41) is 3.41. The lowest BCUT2D eigenvalue weighted by Gasteiger charge is -2.11. The smallest absolute Gasteiger partial charge is 0.0594 e. The molecule has 0 amide bonds. The van der Waals surface area contributed by atoms with Gasteiger partial charge in [0.2, 0.25) is 0 Å². The zero-order chi connectivity index (χ0) is 11.9. The second kappa shape index (κ2) is 7.14. The molecule has 0 aliphatic heterocycles. The normalized spacial score (nSPS) is 16.5. The van der Waals surface area contributed by atoms with E-state index in [2.05, 4.69) is 39.4 Å². The van der Waals surface area contributed by atoms with Crippen molar-refractivity contribution in [3.63, 3.8) is 0 Å². The van der Waals surface area contributed by atoms with Gasteiger partial charge < -0.3 is 10.1 Å². The summed E-state index contributed by atoms with van der Waals surface area (Å²) in [6, 6.07) is 8.39. The van der Waals surface area contributed by atoms with Gasteiger partial charge in [-0.3, -0.25) is 0 Å². The number of halogens is 1. The Labute approximate surface area is 112 Å². The molecule has 1 aromatic carbocycles. The third-order valence-corrected chi connectivity index (χ3v) is 3.65. The summed E-state index contributed by atoms with van der Waals surface area (Å²) < 4.78 is 6.93. The molecular weight excluding hydrogens is 278 g/mol. The van der Waals surface area contributed by atoms with E-state index in [1.165, 1.54) is 31.2 Å². The highest BCUT2D eigenvalue weighted by Crippen LogP contribution is 2.20. The summed E-state index contributed by atoms with van der Waals surface area (Å²) in [5.41, 5.74) is 1.31. The van der Waals surface area contributed by atoms with Crippen molar-refractivity contribution in [2.24, 2.45) is 0 Å². The Morgan fingerprint density at radius 1 is 1.29 bits per heavy atom. The molecule has 17 heavy (non-hydrogen) atoms. The van der Waals surface area contributed by atoms with Crippen LogP contribution in [-0.4, -0.2) is 19.3 Å². The zero-order valence-corrected chi connectivity index (χ0v) is 11.7. The first-order valence-corrected chi connectivity index (χ1v) is 7.20. The van der Waals surface area contributed by atoms with Crippen molar-refractivity contribution in [3.8, 4) is 0 Å². The highest BCUT2D eigenvalue weighted by molar-refractivity contribution is 9.10. The average molecular weight is 298 g/mol. The molecule has 0 saturated heterocycles. The van der Waals surface area contributed by atoms with E-state index in [9.17, 15) is 0 Å². The van der Waals surface area contributed by atoms with Crippen LogP contribution in [0.15, 0.2) is 28.7 Å².